The van der Waals surface area contributed by atoms with E-state index in [2.05, 4.69) is 62.3 Å². The van der Waals surface area contributed by atoms with E-state index in [1.165, 1.54) is 0 Å². The molecule has 0 bridgehead atoms. The van der Waals surface area contributed by atoms with Gasteiger partial charge in [-0.3, -0.25) is 4.79 Å². The van der Waals surface area contributed by atoms with Crippen molar-refractivity contribution in [2.75, 3.05) is 51.7 Å². The number of aromatic amines is 1. The molecule has 3 aromatic carbocycles. The first-order valence-electron chi connectivity index (χ1n) is 17.5. The van der Waals surface area contributed by atoms with Gasteiger partial charge in [0.05, 0.1) is 18.3 Å². The molecule has 1 fully saturated rings. The van der Waals surface area contributed by atoms with Gasteiger partial charge in [0.2, 0.25) is 5.88 Å². The maximum Gasteiger partial charge on any atom is 0.272 e. The molecule has 2 aromatic heterocycles. The minimum Gasteiger partial charge on any atom is -0.476 e. The molecule has 5 aromatic rings. The van der Waals surface area contributed by atoms with Crippen LogP contribution in [-0.2, 0) is 0 Å². The van der Waals surface area contributed by atoms with Gasteiger partial charge in [-0.15, -0.1) is 0 Å². The largest absolute Gasteiger partial charge is 0.476 e. The number of nitrogens with one attached hydrogen (secondary N) is 2. The summed E-state index contributed by atoms with van der Waals surface area (Å²) in [5.74, 6) is 0.0325. The number of pyridine rings is 1. The zero-order chi connectivity index (χ0) is 36.4. The molecular formula is C42H42Cl2N6O2. The Kier molecular flexibility index (Phi) is 10.5. The van der Waals surface area contributed by atoms with Crippen LogP contribution in [0.1, 0.15) is 52.1 Å². The van der Waals surface area contributed by atoms with Crippen molar-refractivity contribution in [3.63, 3.8) is 0 Å². The van der Waals surface area contributed by atoms with Crippen molar-refractivity contribution in [1.82, 2.24) is 24.7 Å². The van der Waals surface area contributed by atoms with Crippen molar-refractivity contribution in [2.45, 2.75) is 19.4 Å². The van der Waals surface area contributed by atoms with Crippen molar-refractivity contribution >= 4 is 57.0 Å². The standard InChI is InChI=1S/C42H42Cl2N6O2/c1-5-50-39(29-14-16-30(43)17-15-29)32-25-31(44)26-34-36(32)37(40(50)35(27(2)3)28-11-7-6-8-12-28)38(46-34)41(51)47-33-13-9-18-45-42(33)52-24-10-19-49-22-20-48(4)21-23-49/h5-9,11-18,25-26,39,46H,1-2,10,19-24H2,3-4H3,(H,47,51). The molecule has 0 saturated carbocycles. The molecule has 52 heavy (non-hydrogen) atoms. The highest BCUT2D eigenvalue weighted by Gasteiger charge is 2.38. The van der Waals surface area contributed by atoms with E-state index in [4.69, 9.17) is 27.9 Å². The number of ether oxygens (including phenoxy) is 1. The third-order valence-corrected chi connectivity index (χ3v) is 10.2. The number of anilines is 1. The van der Waals surface area contributed by atoms with Crippen LogP contribution in [-0.4, -0.2) is 77.0 Å². The summed E-state index contributed by atoms with van der Waals surface area (Å²) in [5.41, 5.74) is 7.72. The second-order valence-electron chi connectivity index (χ2n) is 13.4. The van der Waals surface area contributed by atoms with Gasteiger partial charge in [0, 0.05) is 71.0 Å². The molecular weight excluding hydrogens is 691 g/mol. The summed E-state index contributed by atoms with van der Waals surface area (Å²) in [6, 6.07) is 25.0. The van der Waals surface area contributed by atoms with Crippen molar-refractivity contribution < 1.29 is 9.53 Å². The first-order valence-corrected chi connectivity index (χ1v) is 18.3. The van der Waals surface area contributed by atoms with Crippen LogP contribution in [0.15, 0.2) is 110 Å². The minimum absolute atomic E-state index is 0.326. The summed E-state index contributed by atoms with van der Waals surface area (Å²) in [4.78, 5) is 29.4. The van der Waals surface area contributed by atoms with Crippen LogP contribution < -0.4 is 10.1 Å². The van der Waals surface area contributed by atoms with Crippen molar-refractivity contribution in [2.24, 2.45) is 0 Å². The van der Waals surface area contributed by atoms with Crippen LogP contribution in [0.5, 0.6) is 5.88 Å². The summed E-state index contributed by atoms with van der Waals surface area (Å²) in [6.45, 7) is 16.4. The second-order valence-corrected chi connectivity index (χ2v) is 14.2. The lowest BCUT2D eigenvalue weighted by molar-refractivity contribution is 0.102. The van der Waals surface area contributed by atoms with Crippen molar-refractivity contribution in [3.05, 3.63) is 148 Å². The summed E-state index contributed by atoms with van der Waals surface area (Å²) in [7, 11) is 2.16. The Hall–Kier alpha value is -4.86. The number of aromatic nitrogens is 2. The topological polar surface area (TPSA) is 76.7 Å². The van der Waals surface area contributed by atoms with Gasteiger partial charge in [0.1, 0.15) is 11.4 Å². The molecule has 1 saturated heterocycles. The Morgan fingerprint density at radius 3 is 2.48 bits per heavy atom. The van der Waals surface area contributed by atoms with Gasteiger partial charge in [-0.25, -0.2) is 4.98 Å². The van der Waals surface area contributed by atoms with Gasteiger partial charge >= 0.3 is 0 Å². The van der Waals surface area contributed by atoms with Crippen LogP contribution in [0.3, 0.4) is 0 Å². The van der Waals surface area contributed by atoms with Gasteiger partial charge in [-0.1, -0.05) is 78.8 Å². The predicted molar refractivity (Wildman–Crippen MR) is 213 cm³/mol. The lowest BCUT2D eigenvalue weighted by Crippen LogP contribution is -2.44. The number of carbonyl (C=O) groups is 1. The van der Waals surface area contributed by atoms with E-state index >= 15 is 0 Å². The highest BCUT2D eigenvalue weighted by molar-refractivity contribution is 6.32. The number of halogens is 2. The van der Waals surface area contributed by atoms with E-state index in [0.717, 1.165) is 89.1 Å². The smallest absolute Gasteiger partial charge is 0.272 e. The average molecular weight is 734 g/mol. The molecule has 2 aliphatic heterocycles. The SMILES string of the molecule is C=CN1C(=C(C(=C)C)c2ccccc2)c2c(C(=O)Nc3cccnc3OCCCN3CCN(C)CC3)[nH]c3cc(Cl)cc(c23)C1c1ccc(Cl)cc1. The summed E-state index contributed by atoms with van der Waals surface area (Å²) in [5, 5.41) is 5.19. The van der Waals surface area contributed by atoms with Crippen LogP contribution in [0.4, 0.5) is 5.69 Å². The van der Waals surface area contributed by atoms with Gasteiger partial charge < -0.3 is 29.7 Å². The highest BCUT2D eigenvalue weighted by atomic mass is 35.5. The van der Waals surface area contributed by atoms with Crippen molar-refractivity contribution in [3.8, 4) is 5.88 Å². The number of H-pyrrole nitrogens is 1. The number of likely N-dealkylation sites (N-methyl/N-ethyl adjacent to an activating group) is 1. The lowest BCUT2D eigenvalue weighted by atomic mass is 9.83. The molecule has 1 amide bonds. The second kappa shape index (κ2) is 15.4. The molecule has 1 unspecified atom stereocenters. The normalized spacial score (nSPS) is 17.2. The fourth-order valence-corrected chi connectivity index (χ4v) is 7.65. The quantitative estimate of drug-likeness (QED) is 0.132. The molecule has 10 heteroatoms. The third-order valence-electron chi connectivity index (χ3n) is 9.77. The van der Waals surface area contributed by atoms with Crippen LogP contribution in [0.25, 0.3) is 22.2 Å². The van der Waals surface area contributed by atoms with E-state index < -0.39 is 0 Å². The number of benzene rings is 3. The number of nitrogens with zero attached hydrogens (tertiary/aromatic N) is 4. The monoisotopic (exact) mass is 732 g/mol. The lowest BCUT2D eigenvalue weighted by Gasteiger charge is -2.39. The van der Waals surface area contributed by atoms with Gasteiger partial charge in [0.15, 0.2) is 0 Å². The molecule has 0 spiro atoms. The first kappa shape index (κ1) is 35.5. The minimum atomic E-state index is -0.343. The molecule has 7 rings (SSSR count). The number of carbonyl (C=O) groups excluding carboxylic acids is 1. The molecule has 0 aliphatic carbocycles. The number of hydrogen-bond acceptors (Lipinski definition) is 6. The number of hydrogen-bond donors (Lipinski definition) is 2. The zero-order valence-electron chi connectivity index (χ0n) is 29.5. The molecule has 0 radical (unpaired) electrons. The molecule has 1 atom stereocenters. The molecule has 2 aliphatic rings. The Labute approximate surface area is 315 Å². The summed E-state index contributed by atoms with van der Waals surface area (Å²) < 4.78 is 6.16. The summed E-state index contributed by atoms with van der Waals surface area (Å²) in [6.07, 6.45) is 4.33. The van der Waals surface area contributed by atoms with E-state index in [-0.39, 0.29) is 11.9 Å². The summed E-state index contributed by atoms with van der Waals surface area (Å²) >= 11 is 13.2. The van der Waals surface area contributed by atoms with Gasteiger partial charge in [0.25, 0.3) is 5.91 Å². The number of amides is 1. The van der Waals surface area contributed by atoms with Gasteiger partial charge in [-0.05, 0) is 85.3 Å². The predicted octanol–water partition coefficient (Wildman–Crippen LogP) is 9.13. The Morgan fingerprint density at radius 1 is 1.02 bits per heavy atom. The molecule has 266 valence electrons. The Balaban J connectivity index is 1.32. The average Bonchev–Trinajstić information content (AvgIpc) is 3.53. The van der Waals surface area contributed by atoms with Gasteiger partial charge in [-0.2, -0.15) is 0 Å². The van der Waals surface area contributed by atoms with E-state index in [9.17, 15) is 4.79 Å². The van der Waals surface area contributed by atoms with E-state index in [0.29, 0.717) is 33.9 Å². The van der Waals surface area contributed by atoms with Crippen LogP contribution in [0, 0.1) is 0 Å². The van der Waals surface area contributed by atoms with Crippen LogP contribution >= 0.6 is 23.2 Å². The highest BCUT2D eigenvalue weighted by Crippen LogP contribution is 2.51. The van der Waals surface area contributed by atoms with E-state index in [1.807, 2.05) is 67.6 Å². The maximum atomic E-state index is 14.6. The Morgan fingerprint density at radius 2 is 1.77 bits per heavy atom. The number of rotatable bonds is 11. The maximum absolute atomic E-state index is 14.6. The molecule has 2 N–H and O–H groups in total. The van der Waals surface area contributed by atoms with E-state index in [1.54, 1.807) is 18.5 Å². The van der Waals surface area contributed by atoms with Crippen LogP contribution in [0.2, 0.25) is 10.0 Å². The number of allylic oxidation sites excluding steroid dienone is 2. The van der Waals surface area contributed by atoms with Crippen molar-refractivity contribution in [1.29, 1.82) is 0 Å². The fraction of sp³-hybridized carbons (Fsp3) is 0.238. The third kappa shape index (κ3) is 7.12. The first-order chi connectivity index (χ1) is 25.2. The number of piperazine rings is 1. The zero-order valence-corrected chi connectivity index (χ0v) is 31.0. The molecule has 4 heterocycles. The molecule has 8 nitrogen and oxygen atoms in total. The Bertz CT molecular complexity index is 2150. The fourth-order valence-electron chi connectivity index (χ4n) is 7.30.